The van der Waals surface area contributed by atoms with Crippen LogP contribution in [0.5, 0.6) is 0 Å². The normalized spacial score (nSPS) is 16.4. The molecule has 0 spiro atoms. The van der Waals surface area contributed by atoms with Gasteiger partial charge in [0.15, 0.2) is 5.44 Å². The predicted molar refractivity (Wildman–Crippen MR) is 75.1 cm³/mol. The van der Waals surface area contributed by atoms with E-state index in [1.54, 1.807) is 0 Å². The molecule has 0 aliphatic heterocycles. The third-order valence-corrected chi connectivity index (χ3v) is 4.76. The molecule has 0 amide bonds. The number of rotatable bonds is 5. The van der Waals surface area contributed by atoms with Crippen LogP contribution < -0.4 is 0 Å². The number of ether oxygens (including phenoxy) is 1. The highest BCUT2D eigenvalue weighted by atomic mass is 32.1. The van der Waals surface area contributed by atoms with Gasteiger partial charge in [-0.05, 0) is 5.92 Å². The van der Waals surface area contributed by atoms with E-state index in [2.05, 4.69) is 39.1 Å². The minimum Gasteiger partial charge on any atom is -0.451 e. The highest BCUT2D eigenvalue weighted by molar-refractivity contribution is 7.82. The van der Waals surface area contributed by atoms with E-state index >= 15 is 0 Å². The van der Waals surface area contributed by atoms with E-state index < -0.39 is 5.44 Å². The fourth-order valence-corrected chi connectivity index (χ4v) is 1.92. The van der Waals surface area contributed by atoms with Crippen molar-refractivity contribution < 1.29 is 9.53 Å². The van der Waals surface area contributed by atoms with Crippen LogP contribution in [0.2, 0.25) is 0 Å². The number of hydrogen-bond acceptors (Lipinski definition) is 4. The molecular weight excluding hydrogens is 240 g/mol. The summed E-state index contributed by atoms with van der Waals surface area (Å²) < 4.78 is 5.32. The van der Waals surface area contributed by atoms with E-state index in [0.717, 1.165) is 0 Å². The topological polar surface area (TPSA) is 26.3 Å². The van der Waals surface area contributed by atoms with E-state index in [1.807, 2.05) is 27.7 Å². The molecule has 0 saturated heterocycles. The lowest BCUT2D eigenvalue weighted by molar-refractivity contribution is -0.152. The number of thiol groups is 2. The zero-order valence-corrected chi connectivity index (χ0v) is 12.8. The van der Waals surface area contributed by atoms with Gasteiger partial charge in [0.25, 0.3) is 0 Å². The van der Waals surface area contributed by atoms with E-state index in [9.17, 15) is 4.79 Å². The minimum absolute atomic E-state index is 0.122. The van der Waals surface area contributed by atoms with Gasteiger partial charge in [-0.3, -0.25) is 4.79 Å². The van der Waals surface area contributed by atoms with Crippen molar-refractivity contribution >= 4 is 31.2 Å². The third kappa shape index (κ3) is 4.21. The Hall–Kier alpha value is 0.170. The van der Waals surface area contributed by atoms with Crippen molar-refractivity contribution in [3.8, 4) is 0 Å². The zero-order valence-electron chi connectivity index (χ0n) is 11.0. The Kier molecular flexibility index (Phi) is 6.26. The molecule has 0 rings (SSSR count). The summed E-state index contributed by atoms with van der Waals surface area (Å²) in [6.45, 7) is 11.9. The van der Waals surface area contributed by atoms with E-state index in [4.69, 9.17) is 4.74 Å². The first kappa shape index (κ1) is 16.2. The largest absolute Gasteiger partial charge is 0.451 e. The van der Waals surface area contributed by atoms with Crippen LogP contribution in [0.15, 0.2) is 0 Å². The maximum Gasteiger partial charge on any atom is 0.309 e. The quantitative estimate of drug-likeness (QED) is 0.452. The summed E-state index contributed by atoms with van der Waals surface area (Å²) in [4.78, 5) is 11.5. The number of carbonyl (C=O) groups excluding carboxylic acids is 1. The number of esters is 1. The molecule has 0 fully saturated rings. The molecule has 2 nitrogen and oxygen atoms in total. The fourth-order valence-electron chi connectivity index (χ4n) is 1.40. The first-order valence-corrected chi connectivity index (χ1v) is 6.70. The lowest BCUT2D eigenvalue weighted by Gasteiger charge is -2.37. The van der Waals surface area contributed by atoms with Crippen LogP contribution in [0.3, 0.4) is 0 Å². The molecule has 4 heteroatoms. The van der Waals surface area contributed by atoms with Crippen molar-refractivity contribution in [1.82, 2.24) is 0 Å². The fraction of sp³-hybridized carbons (Fsp3) is 0.917. The van der Waals surface area contributed by atoms with Crippen molar-refractivity contribution in [3.05, 3.63) is 0 Å². The summed E-state index contributed by atoms with van der Waals surface area (Å²) in [7, 11) is 0. The second kappa shape index (κ2) is 6.20. The number of carbonyl (C=O) groups is 1. The van der Waals surface area contributed by atoms with E-state index in [1.165, 1.54) is 0 Å². The van der Waals surface area contributed by atoms with Crippen molar-refractivity contribution in [3.63, 3.8) is 0 Å². The van der Waals surface area contributed by atoms with Crippen LogP contribution in [-0.4, -0.2) is 16.7 Å². The standard InChI is InChI=1S/C12H24O2S2/c1-7(2)9(15)12(5,6)11(16)14-10(13)8(3)4/h7-9,11,15-16H,1-6H3. The molecule has 0 aromatic heterocycles. The monoisotopic (exact) mass is 264 g/mol. The SMILES string of the molecule is CC(C)C(=O)OC(S)C(C)(C)C(S)C(C)C. The Morgan fingerprint density at radius 1 is 1.12 bits per heavy atom. The Bertz CT molecular complexity index is 237. The highest BCUT2D eigenvalue weighted by Gasteiger charge is 2.37. The Labute approximate surface area is 110 Å². The lowest BCUT2D eigenvalue weighted by atomic mass is 9.83. The van der Waals surface area contributed by atoms with Crippen LogP contribution in [0.4, 0.5) is 0 Å². The molecule has 0 heterocycles. The van der Waals surface area contributed by atoms with Crippen molar-refractivity contribution in [2.45, 2.75) is 52.2 Å². The van der Waals surface area contributed by atoms with E-state index in [0.29, 0.717) is 5.92 Å². The first-order chi connectivity index (χ1) is 7.10. The summed E-state index contributed by atoms with van der Waals surface area (Å²) >= 11 is 8.97. The summed E-state index contributed by atoms with van der Waals surface area (Å²) in [5.41, 5.74) is -0.683. The van der Waals surface area contributed by atoms with Gasteiger partial charge in [-0.2, -0.15) is 12.6 Å². The van der Waals surface area contributed by atoms with Gasteiger partial charge in [0.05, 0.1) is 5.92 Å². The van der Waals surface area contributed by atoms with Gasteiger partial charge in [0.2, 0.25) is 0 Å². The van der Waals surface area contributed by atoms with Gasteiger partial charge < -0.3 is 4.74 Å². The van der Waals surface area contributed by atoms with Gasteiger partial charge in [-0.1, -0.05) is 41.5 Å². The predicted octanol–water partition coefficient (Wildman–Crippen LogP) is 3.42. The molecule has 0 N–H and O–H groups in total. The van der Waals surface area contributed by atoms with Crippen LogP contribution in [0, 0.1) is 17.3 Å². The zero-order chi connectivity index (χ0) is 13.1. The highest BCUT2D eigenvalue weighted by Crippen LogP contribution is 2.37. The minimum atomic E-state index is -0.424. The summed E-state index contributed by atoms with van der Waals surface area (Å²) in [6, 6.07) is 0. The molecule has 0 aliphatic rings. The van der Waals surface area contributed by atoms with E-state index in [-0.39, 0.29) is 22.6 Å². The molecule has 2 atom stereocenters. The van der Waals surface area contributed by atoms with Crippen LogP contribution in [-0.2, 0) is 9.53 Å². The Morgan fingerprint density at radius 2 is 1.56 bits per heavy atom. The summed E-state index contributed by atoms with van der Waals surface area (Å²) in [5.74, 6) is 0.0750. The third-order valence-electron chi connectivity index (χ3n) is 2.73. The van der Waals surface area contributed by atoms with Crippen LogP contribution >= 0.6 is 25.3 Å². The molecule has 0 aromatic carbocycles. The van der Waals surface area contributed by atoms with Crippen LogP contribution in [0.25, 0.3) is 0 Å². The average Bonchev–Trinajstić information content (AvgIpc) is 2.15. The van der Waals surface area contributed by atoms with Crippen molar-refractivity contribution in [1.29, 1.82) is 0 Å². The average molecular weight is 264 g/mol. The van der Waals surface area contributed by atoms with Crippen molar-refractivity contribution in [2.24, 2.45) is 17.3 Å². The molecule has 0 aromatic rings. The van der Waals surface area contributed by atoms with Gasteiger partial charge in [-0.15, -0.1) is 12.6 Å². The van der Waals surface area contributed by atoms with Gasteiger partial charge in [0, 0.05) is 10.7 Å². The molecule has 2 unspecified atom stereocenters. The van der Waals surface area contributed by atoms with Crippen molar-refractivity contribution in [2.75, 3.05) is 0 Å². The van der Waals surface area contributed by atoms with Gasteiger partial charge in [-0.25, -0.2) is 0 Å². The molecule has 0 radical (unpaired) electrons. The lowest BCUT2D eigenvalue weighted by Crippen LogP contribution is -2.40. The second-order valence-electron chi connectivity index (χ2n) is 5.45. The second-order valence-corrected chi connectivity index (χ2v) is 6.48. The van der Waals surface area contributed by atoms with Gasteiger partial charge in [0.1, 0.15) is 0 Å². The van der Waals surface area contributed by atoms with Crippen LogP contribution in [0.1, 0.15) is 41.5 Å². The maximum absolute atomic E-state index is 11.5. The molecule has 96 valence electrons. The first-order valence-electron chi connectivity index (χ1n) is 5.67. The maximum atomic E-state index is 11.5. The van der Waals surface area contributed by atoms with Gasteiger partial charge >= 0.3 is 5.97 Å². The summed E-state index contributed by atoms with van der Waals surface area (Å²) in [5, 5.41) is 0.134. The Balaban J connectivity index is 4.58. The molecular formula is C12H24O2S2. The smallest absolute Gasteiger partial charge is 0.309 e. The molecule has 16 heavy (non-hydrogen) atoms. The Morgan fingerprint density at radius 3 is 1.88 bits per heavy atom. The molecule has 0 aliphatic carbocycles. The number of hydrogen-bond donors (Lipinski definition) is 2. The molecule has 0 saturated carbocycles. The summed E-state index contributed by atoms with van der Waals surface area (Å²) in [6.07, 6.45) is 0. The molecule has 0 bridgehead atoms.